The standard InChI is InChI=1S/C20H30GeN2/c1-14-9-10-17(15(2)23-14)19-11-16(12-20(3,4)5)18(13-22-19)21(6,7)8/h9-11,13H,12H2,1-8H3. The van der Waals surface area contributed by atoms with Crippen LogP contribution in [0.3, 0.4) is 0 Å². The van der Waals surface area contributed by atoms with Gasteiger partial charge in [-0.25, -0.2) is 0 Å². The van der Waals surface area contributed by atoms with E-state index in [1.807, 2.05) is 6.92 Å². The van der Waals surface area contributed by atoms with Crippen molar-refractivity contribution >= 4 is 17.7 Å². The number of aryl methyl sites for hydroxylation is 2. The molecule has 0 N–H and O–H groups in total. The first-order valence-corrected chi connectivity index (χ1v) is 15.8. The molecule has 0 radical (unpaired) electrons. The van der Waals surface area contributed by atoms with Gasteiger partial charge < -0.3 is 0 Å². The van der Waals surface area contributed by atoms with Gasteiger partial charge in [-0.2, -0.15) is 0 Å². The average molecular weight is 371 g/mol. The Morgan fingerprint density at radius 3 is 2.22 bits per heavy atom. The van der Waals surface area contributed by atoms with Gasteiger partial charge >= 0.3 is 144 Å². The SMILES string of the molecule is Cc1ccc(-c2cc(CC(C)(C)C)[c]([Ge]([CH3])([CH3])[CH3])cn2)c(C)n1. The number of nitrogens with zero attached hydrogens (tertiary/aromatic N) is 2. The summed E-state index contributed by atoms with van der Waals surface area (Å²) in [7, 11) is 0. The average Bonchev–Trinajstić information content (AvgIpc) is 2.35. The third-order valence-corrected chi connectivity index (χ3v) is 8.35. The summed E-state index contributed by atoms with van der Waals surface area (Å²) in [6, 6.07) is 6.54. The van der Waals surface area contributed by atoms with E-state index in [4.69, 9.17) is 4.98 Å². The maximum atomic E-state index is 4.80. The summed E-state index contributed by atoms with van der Waals surface area (Å²) in [5.41, 5.74) is 6.09. The van der Waals surface area contributed by atoms with Crippen molar-refractivity contribution in [2.75, 3.05) is 0 Å². The molecule has 0 aliphatic heterocycles. The molecule has 23 heavy (non-hydrogen) atoms. The Morgan fingerprint density at radius 1 is 1.04 bits per heavy atom. The van der Waals surface area contributed by atoms with Crippen molar-refractivity contribution in [3.63, 3.8) is 0 Å². The van der Waals surface area contributed by atoms with E-state index in [1.54, 1.807) is 0 Å². The molecule has 0 aliphatic carbocycles. The summed E-state index contributed by atoms with van der Waals surface area (Å²) in [6.45, 7) is 11.0. The van der Waals surface area contributed by atoms with Crippen LogP contribution in [-0.2, 0) is 6.42 Å². The fourth-order valence-corrected chi connectivity index (χ4v) is 6.30. The first-order chi connectivity index (χ1) is 10.5. The van der Waals surface area contributed by atoms with Gasteiger partial charge in [0.1, 0.15) is 0 Å². The van der Waals surface area contributed by atoms with Crippen molar-refractivity contribution in [2.24, 2.45) is 5.41 Å². The van der Waals surface area contributed by atoms with Crippen LogP contribution in [0.1, 0.15) is 37.7 Å². The van der Waals surface area contributed by atoms with Crippen LogP contribution in [0.4, 0.5) is 0 Å². The second-order valence-corrected chi connectivity index (χ2v) is 19.4. The molecule has 2 rings (SSSR count). The molecule has 0 amide bonds. The van der Waals surface area contributed by atoms with Crippen LogP contribution in [0, 0.1) is 19.3 Å². The molecule has 0 aromatic carbocycles. The first kappa shape index (κ1) is 18.2. The van der Waals surface area contributed by atoms with Crippen molar-refractivity contribution in [1.29, 1.82) is 0 Å². The van der Waals surface area contributed by atoms with Crippen LogP contribution in [-0.4, -0.2) is 23.2 Å². The Kier molecular flexibility index (Phi) is 5.05. The zero-order valence-corrected chi connectivity index (χ0v) is 18.0. The van der Waals surface area contributed by atoms with E-state index in [1.165, 1.54) is 9.96 Å². The number of pyridine rings is 2. The molecule has 3 heteroatoms. The van der Waals surface area contributed by atoms with Crippen molar-refractivity contribution < 1.29 is 0 Å². The van der Waals surface area contributed by atoms with Crippen molar-refractivity contribution in [2.45, 2.75) is 58.3 Å². The molecule has 2 aromatic rings. The number of hydrogen-bond donors (Lipinski definition) is 0. The van der Waals surface area contributed by atoms with E-state index >= 15 is 0 Å². The van der Waals surface area contributed by atoms with E-state index in [0.717, 1.165) is 29.1 Å². The summed E-state index contributed by atoms with van der Waals surface area (Å²) >= 11 is -1.93. The third kappa shape index (κ3) is 4.66. The van der Waals surface area contributed by atoms with Crippen molar-refractivity contribution in [3.05, 3.63) is 41.3 Å². The molecule has 124 valence electrons. The molecule has 0 saturated carbocycles. The summed E-state index contributed by atoms with van der Waals surface area (Å²) in [5.74, 6) is 7.34. The molecule has 0 bridgehead atoms. The molecule has 2 nitrogen and oxygen atoms in total. The topological polar surface area (TPSA) is 25.8 Å². The van der Waals surface area contributed by atoms with E-state index in [9.17, 15) is 0 Å². The summed E-state index contributed by atoms with van der Waals surface area (Å²) in [6.07, 6.45) is 3.24. The minimum absolute atomic E-state index is 0.279. The van der Waals surface area contributed by atoms with Crippen LogP contribution in [0.25, 0.3) is 11.3 Å². The van der Waals surface area contributed by atoms with Gasteiger partial charge in [-0.3, -0.25) is 0 Å². The van der Waals surface area contributed by atoms with Crippen molar-refractivity contribution in [3.8, 4) is 11.3 Å². The Labute approximate surface area is 144 Å². The van der Waals surface area contributed by atoms with E-state index in [0.29, 0.717) is 0 Å². The third-order valence-electron chi connectivity index (χ3n) is 4.02. The molecule has 2 heterocycles. The molecule has 0 aliphatic rings. The maximum absolute atomic E-state index is 4.80. The predicted octanol–water partition coefficient (Wildman–Crippen LogP) is 4.89. The molecular formula is C20H30GeN2. The molecule has 0 atom stereocenters. The molecule has 0 saturated heterocycles. The Hall–Kier alpha value is -1.16. The summed E-state index contributed by atoms with van der Waals surface area (Å²) < 4.78 is 1.53. The first-order valence-electron chi connectivity index (χ1n) is 8.41. The quantitative estimate of drug-likeness (QED) is 0.718. The molecule has 0 fully saturated rings. The van der Waals surface area contributed by atoms with E-state index in [2.05, 4.69) is 74.3 Å². The molecule has 0 spiro atoms. The summed E-state index contributed by atoms with van der Waals surface area (Å²) in [5, 5.41) is 0. The molecule has 2 aromatic heterocycles. The Bertz CT molecular complexity index is 707. The van der Waals surface area contributed by atoms with Crippen LogP contribution in [0.2, 0.25) is 17.3 Å². The van der Waals surface area contributed by atoms with Gasteiger partial charge in [0, 0.05) is 0 Å². The number of hydrogen-bond acceptors (Lipinski definition) is 2. The van der Waals surface area contributed by atoms with Crippen LogP contribution >= 0.6 is 0 Å². The number of rotatable bonds is 3. The minimum atomic E-state index is -1.93. The predicted molar refractivity (Wildman–Crippen MR) is 103 cm³/mol. The monoisotopic (exact) mass is 372 g/mol. The van der Waals surface area contributed by atoms with Crippen molar-refractivity contribution in [1.82, 2.24) is 9.97 Å². The van der Waals surface area contributed by atoms with Crippen LogP contribution in [0.15, 0.2) is 24.4 Å². The molecule has 0 unspecified atom stereocenters. The van der Waals surface area contributed by atoms with Gasteiger partial charge in [-0.1, -0.05) is 0 Å². The second kappa shape index (κ2) is 6.39. The van der Waals surface area contributed by atoms with Gasteiger partial charge in [-0.05, 0) is 0 Å². The van der Waals surface area contributed by atoms with E-state index < -0.39 is 13.3 Å². The zero-order valence-electron chi connectivity index (χ0n) is 15.9. The van der Waals surface area contributed by atoms with Gasteiger partial charge in [0.05, 0.1) is 0 Å². The van der Waals surface area contributed by atoms with Gasteiger partial charge in [0.25, 0.3) is 0 Å². The fraction of sp³-hybridized carbons (Fsp3) is 0.500. The summed E-state index contributed by atoms with van der Waals surface area (Å²) in [4.78, 5) is 9.40. The second-order valence-electron chi connectivity index (χ2n) is 8.80. The Morgan fingerprint density at radius 2 is 1.70 bits per heavy atom. The van der Waals surface area contributed by atoms with Crippen LogP contribution in [0.5, 0.6) is 0 Å². The Balaban J connectivity index is 2.57. The van der Waals surface area contributed by atoms with Gasteiger partial charge in [0.15, 0.2) is 0 Å². The number of aromatic nitrogens is 2. The van der Waals surface area contributed by atoms with E-state index in [-0.39, 0.29) is 5.41 Å². The van der Waals surface area contributed by atoms with Gasteiger partial charge in [0.2, 0.25) is 0 Å². The zero-order chi connectivity index (χ0) is 17.4. The van der Waals surface area contributed by atoms with Gasteiger partial charge in [-0.15, -0.1) is 0 Å². The molecular weight excluding hydrogens is 341 g/mol. The fourth-order valence-electron chi connectivity index (χ4n) is 2.99. The normalized spacial score (nSPS) is 12.5. The van der Waals surface area contributed by atoms with Crippen LogP contribution < -0.4 is 4.40 Å².